The number of carbonyl (C=O) groups is 5. The summed E-state index contributed by atoms with van der Waals surface area (Å²) < 4.78 is 0. The molecule has 158 valence electrons. The highest BCUT2D eigenvalue weighted by Crippen LogP contribution is 2.19. The molecule has 1 aliphatic heterocycles. The second-order valence-electron chi connectivity index (χ2n) is 6.22. The Kier molecular flexibility index (Phi) is 8.76. The van der Waals surface area contributed by atoms with Crippen LogP contribution in [-0.4, -0.2) is 98.9 Å². The first kappa shape index (κ1) is 23.3. The van der Waals surface area contributed by atoms with Crippen LogP contribution < -0.4 is 16.4 Å². The number of hydrogen-bond acceptors (Lipinski definition) is 8. The molecule has 8 N–H and O–H groups in total. The molecule has 0 saturated carbocycles. The predicted octanol–water partition coefficient (Wildman–Crippen LogP) is -4.18. The maximum absolute atomic E-state index is 12.6. The molecule has 28 heavy (non-hydrogen) atoms. The number of likely N-dealkylation sites (tertiary alicyclic amines) is 1. The highest BCUT2D eigenvalue weighted by Gasteiger charge is 2.39. The third-order valence-corrected chi connectivity index (χ3v) is 4.16. The van der Waals surface area contributed by atoms with Crippen LogP contribution in [0.5, 0.6) is 0 Å². The molecule has 1 heterocycles. The van der Waals surface area contributed by atoms with Crippen LogP contribution in [0.2, 0.25) is 0 Å². The van der Waals surface area contributed by atoms with Crippen LogP contribution in [0, 0.1) is 0 Å². The van der Waals surface area contributed by atoms with Gasteiger partial charge in [0.05, 0.1) is 25.7 Å². The Bertz CT molecular complexity index is 627. The van der Waals surface area contributed by atoms with E-state index in [2.05, 4.69) is 10.6 Å². The predicted molar refractivity (Wildman–Crippen MR) is 90.6 cm³/mol. The number of nitrogens with two attached hydrogens (primary N) is 1. The van der Waals surface area contributed by atoms with Gasteiger partial charge in [-0.1, -0.05) is 0 Å². The first-order valence-electron chi connectivity index (χ1n) is 8.45. The normalized spacial score (nSPS) is 19.4. The summed E-state index contributed by atoms with van der Waals surface area (Å²) in [7, 11) is 0. The molecule has 1 fully saturated rings. The number of rotatable bonds is 10. The van der Waals surface area contributed by atoms with Gasteiger partial charge in [0, 0.05) is 6.54 Å². The first-order valence-corrected chi connectivity index (χ1v) is 8.45. The van der Waals surface area contributed by atoms with Gasteiger partial charge in [-0.15, -0.1) is 0 Å². The fourth-order valence-corrected chi connectivity index (χ4v) is 2.70. The molecule has 0 spiro atoms. The molecule has 1 aliphatic rings. The number of aliphatic hydroxyl groups excluding tert-OH is 2. The van der Waals surface area contributed by atoms with Crippen LogP contribution >= 0.6 is 0 Å². The van der Waals surface area contributed by atoms with Gasteiger partial charge in [-0.2, -0.15) is 0 Å². The van der Waals surface area contributed by atoms with Crippen molar-refractivity contribution in [2.45, 2.75) is 43.4 Å². The Morgan fingerprint density at radius 1 is 1.04 bits per heavy atom. The molecule has 3 amide bonds. The Morgan fingerprint density at radius 2 is 1.64 bits per heavy atom. The molecule has 4 unspecified atom stereocenters. The van der Waals surface area contributed by atoms with Crippen LogP contribution in [0.25, 0.3) is 0 Å². The fraction of sp³-hybridized carbons (Fsp3) is 0.667. The van der Waals surface area contributed by atoms with E-state index in [4.69, 9.17) is 21.1 Å². The van der Waals surface area contributed by atoms with Crippen LogP contribution in [0.3, 0.4) is 0 Å². The van der Waals surface area contributed by atoms with E-state index in [-0.39, 0.29) is 13.0 Å². The topological polar surface area (TPSA) is 220 Å². The number of aliphatic carboxylic acids is 2. The maximum atomic E-state index is 12.6. The number of carboxylic acids is 2. The van der Waals surface area contributed by atoms with Crippen molar-refractivity contribution in [2.75, 3.05) is 19.8 Å². The molecule has 1 saturated heterocycles. The second-order valence-corrected chi connectivity index (χ2v) is 6.22. The van der Waals surface area contributed by atoms with E-state index in [1.807, 2.05) is 0 Å². The number of hydrogen-bond donors (Lipinski definition) is 7. The van der Waals surface area contributed by atoms with Crippen molar-refractivity contribution in [2.24, 2.45) is 5.73 Å². The number of carboxylic acid groups (broad SMARTS) is 2. The fourth-order valence-electron chi connectivity index (χ4n) is 2.70. The van der Waals surface area contributed by atoms with Crippen LogP contribution in [0.4, 0.5) is 0 Å². The van der Waals surface area contributed by atoms with Crippen molar-refractivity contribution >= 4 is 29.7 Å². The number of carbonyl (C=O) groups excluding carboxylic acids is 3. The van der Waals surface area contributed by atoms with E-state index in [9.17, 15) is 29.1 Å². The van der Waals surface area contributed by atoms with Gasteiger partial charge in [0.25, 0.3) is 0 Å². The zero-order valence-electron chi connectivity index (χ0n) is 14.9. The van der Waals surface area contributed by atoms with Gasteiger partial charge < -0.3 is 41.7 Å². The molecule has 0 aromatic carbocycles. The minimum absolute atomic E-state index is 0.126. The number of aliphatic hydroxyl groups is 2. The van der Waals surface area contributed by atoms with Gasteiger partial charge in [-0.25, -0.2) is 4.79 Å². The zero-order chi connectivity index (χ0) is 21.4. The molecule has 1 rings (SSSR count). The van der Waals surface area contributed by atoms with Gasteiger partial charge in [0.2, 0.25) is 17.7 Å². The number of nitrogens with zero attached hydrogens (tertiary/aromatic N) is 1. The van der Waals surface area contributed by atoms with Gasteiger partial charge in [-0.05, 0) is 12.8 Å². The third kappa shape index (κ3) is 6.14. The van der Waals surface area contributed by atoms with Crippen molar-refractivity contribution in [3.63, 3.8) is 0 Å². The van der Waals surface area contributed by atoms with Crippen molar-refractivity contribution in [1.29, 1.82) is 0 Å². The Balaban J connectivity index is 2.80. The number of nitrogens with one attached hydrogen (secondary N) is 2. The van der Waals surface area contributed by atoms with E-state index in [1.165, 1.54) is 0 Å². The van der Waals surface area contributed by atoms with Crippen LogP contribution in [0.15, 0.2) is 0 Å². The molecule has 0 aromatic heterocycles. The zero-order valence-corrected chi connectivity index (χ0v) is 14.9. The smallest absolute Gasteiger partial charge is 0.328 e. The summed E-state index contributed by atoms with van der Waals surface area (Å²) in [5.74, 6) is -5.31. The van der Waals surface area contributed by atoms with Gasteiger partial charge in [0.1, 0.15) is 18.1 Å². The van der Waals surface area contributed by atoms with Crippen molar-refractivity contribution in [3.8, 4) is 0 Å². The lowest BCUT2D eigenvalue weighted by atomic mass is 10.1. The summed E-state index contributed by atoms with van der Waals surface area (Å²) >= 11 is 0. The molecule has 0 aromatic rings. The quantitative estimate of drug-likeness (QED) is 0.186. The van der Waals surface area contributed by atoms with Crippen LogP contribution in [0.1, 0.15) is 19.3 Å². The van der Waals surface area contributed by atoms with Gasteiger partial charge >= 0.3 is 11.9 Å². The summed E-state index contributed by atoms with van der Waals surface area (Å²) in [6.07, 6.45) is -0.0318. The second kappa shape index (κ2) is 10.5. The first-order chi connectivity index (χ1) is 13.1. The van der Waals surface area contributed by atoms with E-state index in [0.717, 1.165) is 4.90 Å². The molecular formula is C15H24N4O9. The van der Waals surface area contributed by atoms with Crippen molar-refractivity contribution in [3.05, 3.63) is 0 Å². The summed E-state index contributed by atoms with van der Waals surface area (Å²) in [5.41, 5.74) is 5.41. The third-order valence-electron chi connectivity index (χ3n) is 4.16. The lowest BCUT2D eigenvalue weighted by Gasteiger charge is -2.29. The molecule has 0 aliphatic carbocycles. The monoisotopic (exact) mass is 404 g/mol. The van der Waals surface area contributed by atoms with E-state index >= 15 is 0 Å². The molecule has 4 atom stereocenters. The minimum atomic E-state index is -1.53. The largest absolute Gasteiger partial charge is 0.481 e. The minimum Gasteiger partial charge on any atom is -0.481 e. The molecular weight excluding hydrogens is 380 g/mol. The summed E-state index contributed by atoms with van der Waals surface area (Å²) in [6.45, 7) is -1.52. The molecule has 13 heteroatoms. The molecule has 0 bridgehead atoms. The highest BCUT2D eigenvalue weighted by atomic mass is 16.4. The van der Waals surface area contributed by atoms with Crippen molar-refractivity contribution in [1.82, 2.24) is 15.5 Å². The summed E-state index contributed by atoms with van der Waals surface area (Å²) in [6, 6.07) is -5.46. The van der Waals surface area contributed by atoms with Gasteiger partial charge in [0.15, 0.2) is 0 Å². The van der Waals surface area contributed by atoms with Crippen LogP contribution in [-0.2, 0) is 24.0 Å². The Labute approximate surface area is 159 Å². The van der Waals surface area contributed by atoms with Crippen molar-refractivity contribution < 1.29 is 44.4 Å². The average molecular weight is 404 g/mol. The highest BCUT2D eigenvalue weighted by molar-refractivity contribution is 5.95. The molecule has 0 radical (unpaired) electrons. The van der Waals surface area contributed by atoms with E-state index in [1.54, 1.807) is 0 Å². The summed E-state index contributed by atoms with van der Waals surface area (Å²) in [4.78, 5) is 59.4. The summed E-state index contributed by atoms with van der Waals surface area (Å²) in [5, 5.41) is 40.2. The van der Waals surface area contributed by atoms with E-state index < -0.39 is 73.5 Å². The number of amides is 3. The average Bonchev–Trinajstić information content (AvgIpc) is 3.12. The Hall–Kier alpha value is -2.77. The lowest BCUT2D eigenvalue weighted by molar-refractivity contribution is -0.146. The van der Waals surface area contributed by atoms with E-state index in [0.29, 0.717) is 6.42 Å². The SMILES string of the molecule is NC(CC(=O)O)C(=O)NC(CO)C(=O)N1CCCC1C(=O)NC(CO)C(=O)O. The standard InChI is InChI=1S/C15H24N4O9/c16-7(4-11(22)23)12(24)17-8(5-20)14(26)19-3-1-2-10(19)13(25)18-9(6-21)15(27)28/h7-10,20-21H,1-6,16H2,(H,17,24)(H,18,25)(H,22,23)(H,27,28). The maximum Gasteiger partial charge on any atom is 0.328 e. The Morgan fingerprint density at radius 3 is 2.14 bits per heavy atom. The molecule has 13 nitrogen and oxygen atoms in total. The lowest BCUT2D eigenvalue weighted by Crippen LogP contribution is -2.58. The van der Waals surface area contributed by atoms with Gasteiger partial charge in [-0.3, -0.25) is 19.2 Å².